The molecule has 0 amide bonds. The van der Waals surface area contributed by atoms with Crippen LogP contribution in [0.25, 0.3) is 0 Å². The van der Waals surface area contributed by atoms with Crippen molar-refractivity contribution in [3.05, 3.63) is 35.9 Å². The summed E-state index contributed by atoms with van der Waals surface area (Å²) in [5, 5.41) is 3.46. The smallest absolute Gasteiger partial charge is 0.0865 e. The fourth-order valence-corrected chi connectivity index (χ4v) is 2.46. The van der Waals surface area contributed by atoms with Crippen molar-refractivity contribution in [1.29, 1.82) is 0 Å². The zero-order chi connectivity index (χ0) is 11.2. The second-order valence-corrected chi connectivity index (χ2v) is 4.39. The number of hydrogen-bond acceptors (Lipinski definition) is 2. The highest BCUT2D eigenvalue weighted by Crippen LogP contribution is 2.30. The third kappa shape index (κ3) is 2.83. The minimum atomic E-state index is 0.263. The molecule has 1 aromatic rings. The van der Waals surface area contributed by atoms with Crippen molar-refractivity contribution in [3.63, 3.8) is 0 Å². The Kier molecular flexibility index (Phi) is 4.37. The first-order chi connectivity index (χ1) is 7.92. The third-order valence-corrected chi connectivity index (χ3v) is 3.24. The Morgan fingerprint density at radius 2 is 2.19 bits per heavy atom. The molecule has 2 nitrogen and oxygen atoms in total. The van der Waals surface area contributed by atoms with Crippen LogP contribution in [-0.2, 0) is 4.74 Å². The van der Waals surface area contributed by atoms with Crippen LogP contribution in [-0.4, -0.2) is 19.7 Å². The van der Waals surface area contributed by atoms with Crippen molar-refractivity contribution in [3.8, 4) is 0 Å². The fourth-order valence-electron chi connectivity index (χ4n) is 2.46. The van der Waals surface area contributed by atoms with Crippen molar-refractivity contribution in [1.82, 2.24) is 5.32 Å². The van der Waals surface area contributed by atoms with E-state index in [1.54, 1.807) is 0 Å². The third-order valence-electron chi connectivity index (χ3n) is 3.24. The molecule has 0 aliphatic carbocycles. The molecule has 16 heavy (non-hydrogen) atoms. The first-order valence-corrected chi connectivity index (χ1v) is 6.29. The Morgan fingerprint density at radius 1 is 1.38 bits per heavy atom. The van der Waals surface area contributed by atoms with Crippen LogP contribution in [0.15, 0.2) is 30.3 Å². The lowest BCUT2D eigenvalue weighted by Crippen LogP contribution is -2.34. The van der Waals surface area contributed by atoms with Gasteiger partial charge in [0.1, 0.15) is 0 Å². The molecular weight excluding hydrogens is 198 g/mol. The summed E-state index contributed by atoms with van der Waals surface area (Å²) >= 11 is 0. The maximum atomic E-state index is 5.93. The summed E-state index contributed by atoms with van der Waals surface area (Å²) in [6, 6.07) is 10.6. The summed E-state index contributed by atoms with van der Waals surface area (Å²) in [5.41, 5.74) is 1.32. The van der Waals surface area contributed by atoms with E-state index >= 15 is 0 Å². The topological polar surface area (TPSA) is 21.3 Å². The second-order valence-electron chi connectivity index (χ2n) is 4.39. The Morgan fingerprint density at radius 3 is 2.81 bits per heavy atom. The van der Waals surface area contributed by atoms with Gasteiger partial charge in [-0.15, -0.1) is 0 Å². The maximum Gasteiger partial charge on any atom is 0.0865 e. The first kappa shape index (κ1) is 11.6. The van der Waals surface area contributed by atoms with Crippen LogP contribution < -0.4 is 5.32 Å². The fraction of sp³-hybridized carbons (Fsp3) is 0.571. The molecule has 1 heterocycles. The SMILES string of the molecule is CCO[C@H](c1ccccc1)[C@@H]1CCCNC1. The largest absolute Gasteiger partial charge is 0.373 e. The van der Waals surface area contributed by atoms with Crippen molar-refractivity contribution >= 4 is 0 Å². The van der Waals surface area contributed by atoms with Crippen LogP contribution >= 0.6 is 0 Å². The molecule has 2 rings (SSSR count). The molecule has 1 aliphatic heterocycles. The van der Waals surface area contributed by atoms with E-state index in [9.17, 15) is 0 Å². The molecule has 2 atom stereocenters. The molecular formula is C14H21NO. The lowest BCUT2D eigenvalue weighted by Gasteiger charge is -2.30. The van der Waals surface area contributed by atoms with Crippen molar-refractivity contribution in [2.75, 3.05) is 19.7 Å². The number of piperidine rings is 1. The molecule has 0 aromatic heterocycles. The Bertz CT molecular complexity index is 293. The van der Waals surface area contributed by atoms with Gasteiger partial charge in [0, 0.05) is 19.1 Å². The Balaban J connectivity index is 2.09. The number of hydrogen-bond donors (Lipinski definition) is 1. The summed E-state index contributed by atoms with van der Waals surface area (Å²) in [4.78, 5) is 0. The molecule has 1 saturated heterocycles. The summed E-state index contributed by atoms with van der Waals surface area (Å²) < 4.78 is 5.93. The van der Waals surface area contributed by atoms with Gasteiger partial charge < -0.3 is 10.1 Å². The predicted molar refractivity (Wildman–Crippen MR) is 66.4 cm³/mol. The molecule has 0 radical (unpaired) electrons. The number of nitrogens with one attached hydrogen (secondary N) is 1. The van der Waals surface area contributed by atoms with E-state index < -0.39 is 0 Å². The van der Waals surface area contributed by atoms with Gasteiger partial charge in [-0.2, -0.15) is 0 Å². The van der Waals surface area contributed by atoms with Gasteiger partial charge in [-0.3, -0.25) is 0 Å². The lowest BCUT2D eigenvalue weighted by atomic mass is 9.89. The molecule has 1 fully saturated rings. The molecule has 0 unspecified atom stereocenters. The molecule has 0 bridgehead atoms. The van der Waals surface area contributed by atoms with Crippen LogP contribution in [0.4, 0.5) is 0 Å². The number of rotatable bonds is 4. The van der Waals surface area contributed by atoms with Gasteiger partial charge in [0.15, 0.2) is 0 Å². The van der Waals surface area contributed by atoms with Gasteiger partial charge in [0.05, 0.1) is 6.10 Å². The van der Waals surface area contributed by atoms with Crippen LogP contribution in [0.1, 0.15) is 31.4 Å². The Labute approximate surface area is 98.0 Å². The number of benzene rings is 1. The molecule has 1 aliphatic rings. The van der Waals surface area contributed by atoms with E-state index in [2.05, 4.69) is 42.6 Å². The minimum absolute atomic E-state index is 0.263. The van der Waals surface area contributed by atoms with E-state index in [4.69, 9.17) is 4.74 Å². The molecule has 88 valence electrons. The van der Waals surface area contributed by atoms with E-state index in [1.807, 2.05) is 0 Å². The van der Waals surface area contributed by atoms with Crippen LogP contribution in [0.2, 0.25) is 0 Å². The second kappa shape index (κ2) is 6.02. The van der Waals surface area contributed by atoms with E-state index in [1.165, 1.54) is 18.4 Å². The quantitative estimate of drug-likeness (QED) is 0.840. The van der Waals surface area contributed by atoms with Crippen LogP contribution in [0.3, 0.4) is 0 Å². The Hall–Kier alpha value is -0.860. The highest BCUT2D eigenvalue weighted by molar-refractivity contribution is 5.18. The average Bonchev–Trinajstić information content (AvgIpc) is 2.38. The highest BCUT2D eigenvalue weighted by atomic mass is 16.5. The average molecular weight is 219 g/mol. The predicted octanol–water partition coefficient (Wildman–Crippen LogP) is 2.76. The van der Waals surface area contributed by atoms with Crippen molar-refractivity contribution in [2.45, 2.75) is 25.9 Å². The number of ether oxygens (including phenoxy) is 1. The molecule has 1 aromatic carbocycles. The zero-order valence-corrected chi connectivity index (χ0v) is 9.99. The van der Waals surface area contributed by atoms with E-state index in [-0.39, 0.29) is 6.10 Å². The van der Waals surface area contributed by atoms with Crippen LogP contribution in [0, 0.1) is 5.92 Å². The van der Waals surface area contributed by atoms with Gasteiger partial charge in [-0.1, -0.05) is 30.3 Å². The molecule has 2 heteroatoms. The van der Waals surface area contributed by atoms with Gasteiger partial charge in [0.2, 0.25) is 0 Å². The summed E-state index contributed by atoms with van der Waals surface area (Å²) in [7, 11) is 0. The monoisotopic (exact) mass is 219 g/mol. The van der Waals surface area contributed by atoms with Gasteiger partial charge >= 0.3 is 0 Å². The van der Waals surface area contributed by atoms with Gasteiger partial charge in [-0.25, -0.2) is 0 Å². The summed E-state index contributed by atoms with van der Waals surface area (Å²) in [6.07, 6.45) is 2.80. The molecule has 0 saturated carbocycles. The van der Waals surface area contributed by atoms with Crippen molar-refractivity contribution in [2.24, 2.45) is 5.92 Å². The molecule has 1 N–H and O–H groups in total. The first-order valence-electron chi connectivity index (χ1n) is 6.29. The van der Waals surface area contributed by atoms with Gasteiger partial charge in [0.25, 0.3) is 0 Å². The lowest BCUT2D eigenvalue weighted by molar-refractivity contribution is 0.0103. The standard InChI is InChI=1S/C14H21NO/c1-2-16-14(12-7-4-3-5-8-12)13-9-6-10-15-11-13/h3-5,7-8,13-15H,2,6,9-11H2,1H3/t13-,14-/m1/s1. The highest BCUT2D eigenvalue weighted by Gasteiger charge is 2.24. The maximum absolute atomic E-state index is 5.93. The normalized spacial score (nSPS) is 22.9. The van der Waals surface area contributed by atoms with Crippen molar-refractivity contribution < 1.29 is 4.74 Å². The summed E-state index contributed by atoms with van der Waals surface area (Å²) in [6.45, 7) is 5.10. The zero-order valence-electron chi connectivity index (χ0n) is 9.99. The van der Waals surface area contributed by atoms with E-state index in [0.29, 0.717) is 5.92 Å². The van der Waals surface area contributed by atoms with Crippen LogP contribution in [0.5, 0.6) is 0 Å². The molecule has 0 spiro atoms. The summed E-state index contributed by atoms with van der Waals surface area (Å²) in [5.74, 6) is 0.621. The minimum Gasteiger partial charge on any atom is -0.373 e. The van der Waals surface area contributed by atoms with E-state index in [0.717, 1.165) is 19.7 Å². The van der Waals surface area contributed by atoms with Gasteiger partial charge in [-0.05, 0) is 31.9 Å².